The fraction of sp³-hybridized carbons (Fsp3) is 0.333. The highest BCUT2D eigenvalue weighted by Gasteiger charge is 2.34. The third-order valence-corrected chi connectivity index (χ3v) is 5.90. The Hall–Kier alpha value is -3.32. The molecule has 1 atom stereocenters. The molecule has 1 saturated heterocycles. The normalized spacial score (nSPS) is 19.6. The number of aryl methyl sites for hydroxylation is 1. The predicted octanol–water partition coefficient (Wildman–Crippen LogP) is 2.60. The molecule has 162 valence electrons. The number of hydrogen-bond donors (Lipinski definition) is 2. The first kappa shape index (κ1) is 20.9. The summed E-state index contributed by atoms with van der Waals surface area (Å²) in [5, 5.41) is 5.72. The van der Waals surface area contributed by atoms with E-state index in [9.17, 15) is 9.59 Å². The summed E-state index contributed by atoms with van der Waals surface area (Å²) in [6, 6.07) is 17.0. The van der Waals surface area contributed by atoms with E-state index in [1.807, 2.05) is 30.3 Å². The molecule has 0 spiro atoms. The zero-order valence-corrected chi connectivity index (χ0v) is 17.9. The van der Waals surface area contributed by atoms with E-state index >= 15 is 0 Å². The Bertz CT molecular complexity index is 981. The van der Waals surface area contributed by atoms with Gasteiger partial charge in [0.15, 0.2) is 0 Å². The minimum absolute atomic E-state index is 0.310. The van der Waals surface area contributed by atoms with Crippen molar-refractivity contribution < 1.29 is 14.3 Å². The van der Waals surface area contributed by atoms with Crippen molar-refractivity contribution in [2.75, 3.05) is 44.7 Å². The van der Waals surface area contributed by atoms with Crippen LogP contribution in [0, 0.1) is 6.92 Å². The van der Waals surface area contributed by atoms with E-state index in [-0.39, 0.29) is 6.03 Å². The van der Waals surface area contributed by atoms with Crippen LogP contribution in [0.3, 0.4) is 0 Å². The van der Waals surface area contributed by atoms with Crippen LogP contribution in [0.15, 0.2) is 65.9 Å². The molecule has 2 heterocycles. The molecule has 31 heavy (non-hydrogen) atoms. The van der Waals surface area contributed by atoms with Crippen molar-refractivity contribution in [1.29, 1.82) is 0 Å². The van der Waals surface area contributed by atoms with Crippen molar-refractivity contribution in [1.82, 2.24) is 15.5 Å². The molecule has 0 bridgehead atoms. The largest absolute Gasteiger partial charge is 0.466 e. The molecule has 1 unspecified atom stereocenters. The number of benzene rings is 2. The highest BCUT2D eigenvalue weighted by atomic mass is 16.5. The molecule has 2 aliphatic rings. The number of nitrogens with one attached hydrogen (secondary N) is 2. The monoisotopic (exact) mass is 420 g/mol. The second-order valence-electron chi connectivity index (χ2n) is 7.88. The topological polar surface area (TPSA) is 73.9 Å². The van der Waals surface area contributed by atoms with Gasteiger partial charge in [0.1, 0.15) is 0 Å². The smallest absolute Gasteiger partial charge is 0.338 e. The molecule has 0 radical (unpaired) electrons. The number of amides is 2. The standard InChI is InChI=1S/C24H28N4O3/c1-17-8-6-7-11-20(17)28-14-12-27(13-15-28)16-19-21(23(29)31-2)22(26-24(30)25-19)18-9-4-3-5-10-18/h3-11,22H,12-16H2,1-2H3,(H2,25,26,30). The average Bonchev–Trinajstić information content (AvgIpc) is 2.80. The highest BCUT2D eigenvalue weighted by Crippen LogP contribution is 2.28. The van der Waals surface area contributed by atoms with E-state index in [0.29, 0.717) is 17.8 Å². The van der Waals surface area contributed by atoms with Gasteiger partial charge in [-0.25, -0.2) is 9.59 Å². The van der Waals surface area contributed by atoms with Crippen molar-refractivity contribution in [3.63, 3.8) is 0 Å². The number of esters is 1. The molecular weight excluding hydrogens is 392 g/mol. The number of ether oxygens (including phenoxy) is 1. The summed E-state index contributed by atoms with van der Waals surface area (Å²) in [7, 11) is 1.37. The van der Waals surface area contributed by atoms with Crippen LogP contribution >= 0.6 is 0 Å². The molecule has 0 aromatic heterocycles. The predicted molar refractivity (Wildman–Crippen MR) is 120 cm³/mol. The summed E-state index contributed by atoms with van der Waals surface area (Å²) in [4.78, 5) is 29.7. The van der Waals surface area contributed by atoms with E-state index < -0.39 is 12.0 Å². The maximum atomic E-state index is 12.7. The summed E-state index contributed by atoms with van der Waals surface area (Å²) >= 11 is 0. The van der Waals surface area contributed by atoms with Crippen LogP contribution in [0.2, 0.25) is 0 Å². The van der Waals surface area contributed by atoms with Gasteiger partial charge in [-0.05, 0) is 24.1 Å². The molecule has 1 fully saturated rings. The first-order valence-electron chi connectivity index (χ1n) is 10.5. The van der Waals surface area contributed by atoms with Crippen molar-refractivity contribution in [2.45, 2.75) is 13.0 Å². The number of urea groups is 1. The highest BCUT2D eigenvalue weighted by molar-refractivity contribution is 5.95. The Labute approximate surface area is 182 Å². The van der Waals surface area contributed by atoms with Crippen LogP contribution in [0.1, 0.15) is 17.2 Å². The van der Waals surface area contributed by atoms with Gasteiger partial charge in [0.05, 0.1) is 18.7 Å². The minimum Gasteiger partial charge on any atom is -0.466 e. The van der Waals surface area contributed by atoms with Gasteiger partial charge in [0.25, 0.3) is 0 Å². The van der Waals surface area contributed by atoms with E-state index in [0.717, 1.165) is 31.7 Å². The Balaban J connectivity index is 1.54. The van der Waals surface area contributed by atoms with Gasteiger partial charge in [-0.15, -0.1) is 0 Å². The Morgan fingerprint density at radius 3 is 2.39 bits per heavy atom. The van der Waals surface area contributed by atoms with Gasteiger partial charge in [0, 0.05) is 44.1 Å². The molecule has 0 aliphatic carbocycles. The Morgan fingerprint density at radius 2 is 1.71 bits per heavy atom. The van der Waals surface area contributed by atoms with Crippen LogP contribution in [0.5, 0.6) is 0 Å². The van der Waals surface area contributed by atoms with Gasteiger partial charge in [-0.1, -0.05) is 48.5 Å². The Morgan fingerprint density at radius 1 is 1.03 bits per heavy atom. The molecular formula is C24H28N4O3. The third-order valence-electron chi connectivity index (χ3n) is 5.90. The second kappa shape index (κ2) is 9.22. The SMILES string of the molecule is COC(=O)C1=C(CN2CCN(c3ccccc3C)CC2)NC(=O)NC1c1ccccc1. The van der Waals surface area contributed by atoms with E-state index in [1.54, 1.807) is 0 Å². The summed E-state index contributed by atoms with van der Waals surface area (Å²) in [5.74, 6) is -0.435. The number of methoxy groups -OCH3 is 1. The lowest BCUT2D eigenvalue weighted by molar-refractivity contribution is -0.136. The second-order valence-corrected chi connectivity index (χ2v) is 7.88. The maximum absolute atomic E-state index is 12.7. The van der Waals surface area contributed by atoms with Crippen molar-refractivity contribution in [2.24, 2.45) is 0 Å². The lowest BCUT2D eigenvalue weighted by Crippen LogP contribution is -2.51. The number of anilines is 1. The Kier molecular flexibility index (Phi) is 6.23. The molecule has 7 heteroatoms. The molecule has 2 N–H and O–H groups in total. The van der Waals surface area contributed by atoms with E-state index in [4.69, 9.17) is 4.74 Å². The van der Waals surface area contributed by atoms with Gasteiger partial charge < -0.3 is 20.3 Å². The third kappa shape index (κ3) is 4.56. The zero-order chi connectivity index (χ0) is 21.8. The molecule has 2 aliphatic heterocycles. The van der Waals surface area contributed by atoms with Gasteiger partial charge in [-0.2, -0.15) is 0 Å². The van der Waals surface area contributed by atoms with Gasteiger partial charge >= 0.3 is 12.0 Å². The fourth-order valence-corrected chi connectivity index (χ4v) is 4.28. The number of hydrogen-bond acceptors (Lipinski definition) is 5. The number of piperazine rings is 1. The average molecular weight is 421 g/mol. The van der Waals surface area contributed by atoms with Crippen LogP contribution in [0.4, 0.5) is 10.5 Å². The van der Waals surface area contributed by atoms with Crippen molar-refractivity contribution >= 4 is 17.7 Å². The number of para-hydroxylation sites is 1. The van der Waals surface area contributed by atoms with E-state index in [1.165, 1.54) is 18.4 Å². The number of rotatable bonds is 5. The summed E-state index contributed by atoms with van der Waals surface area (Å²) in [6.07, 6.45) is 0. The summed E-state index contributed by atoms with van der Waals surface area (Å²) < 4.78 is 5.07. The van der Waals surface area contributed by atoms with E-state index in [2.05, 4.69) is 51.6 Å². The van der Waals surface area contributed by atoms with Crippen LogP contribution in [-0.2, 0) is 9.53 Å². The molecule has 7 nitrogen and oxygen atoms in total. The van der Waals surface area contributed by atoms with Crippen LogP contribution in [0.25, 0.3) is 0 Å². The number of carbonyl (C=O) groups is 2. The first-order chi connectivity index (χ1) is 15.1. The maximum Gasteiger partial charge on any atom is 0.338 e. The fourth-order valence-electron chi connectivity index (χ4n) is 4.28. The lowest BCUT2D eigenvalue weighted by atomic mass is 9.95. The van der Waals surface area contributed by atoms with Gasteiger partial charge in [0.2, 0.25) is 0 Å². The van der Waals surface area contributed by atoms with Crippen LogP contribution < -0.4 is 15.5 Å². The van der Waals surface area contributed by atoms with Crippen molar-refractivity contribution in [3.05, 3.63) is 77.0 Å². The number of nitrogens with zero attached hydrogens (tertiary/aromatic N) is 2. The summed E-state index contributed by atoms with van der Waals surface area (Å²) in [5.41, 5.74) is 4.43. The van der Waals surface area contributed by atoms with Gasteiger partial charge in [-0.3, -0.25) is 4.90 Å². The van der Waals surface area contributed by atoms with Crippen molar-refractivity contribution in [3.8, 4) is 0 Å². The zero-order valence-electron chi connectivity index (χ0n) is 17.9. The quantitative estimate of drug-likeness (QED) is 0.728. The molecule has 0 saturated carbocycles. The lowest BCUT2D eigenvalue weighted by Gasteiger charge is -2.38. The first-order valence-corrected chi connectivity index (χ1v) is 10.5. The molecule has 2 aromatic rings. The van der Waals surface area contributed by atoms with Crippen LogP contribution in [-0.4, -0.2) is 56.7 Å². The molecule has 4 rings (SSSR count). The minimum atomic E-state index is -0.536. The summed E-state index contributed by atoms with van der Waals surface area (Å²) in [6.45, 7) is 6.07. The molecule has 2 aromatic carbocycles. The molecule has 2 amide bonds. The number of carbonyl (C=O) groups excluding carboxylic acids is 2.